The number of nitrogens with zero attached hydrogens (tertiary/aromatic N) is 1. The lowest BCUT2D eigenvalue weighted by Gasteiger charge is -2.21. The van der Waals surface area contributed by atoms with Gasteiger partial charge in [0.05, 0.1) is 11.4 Å². The predicted octanol–water partition coefficient (Wildman–Crippen LogP) is 2.78. The molecule has 138 valence electrons. The molecular formula is C19H18N4O4. The van der Waals surface area contributed by atoms with E-state index in [1.165, 1.54) is 11.1 Å². The molecule has 0 saturated heterocycles. The van der Waals surface area contributed by atoms with Gasteiger partial charge in [0, 0.05) is 23.2 Å². The first-order valence-corrected chi connectivity index (χ1v) is 8.39. The zero-order chi connectivity index (χ0) is 19.0. The first-order chi connectivity index (χ1) is 13.0. The fraction of sp³-hybridized carbons (Fsp3) is 0.158. The van der Waals surface area contributed by atoms with E-state index in [1.54, 1.807) is 18.2 Å². The van der Waals surface area contributed by atoms with E-state index in [4.69, 9.17) is 15.0 Å². The first kappa shape index (κ1) is 16.9. The number of rotatable bonds is 3. The van der Waals surface area contributed by atoms with Gasteiger partial charge in [0.15, 0.2) is 0 Å². The molecule has 1 aromatic heterocycles. The number of aryl methyl sites for hydroxylation is 1. The quantitative estimate of drug-likeness (QED) is 0.483. The number of amides is 1. The number of fused-ring (bicyclic) bond motifs is 2. The van der Waals surface area contributed by atoms with Crippen LogP contribution in [-0.4, -0.2) is 18.9 Å². The molecule has 0 fully saturated rings. The molecule has 0 aliphatic carbocycles. The number of benzene rings is 2. The molecule has 8 heteroatoms. The SMILES string of the molecule is Cc1cc(=O)oc2cc(NC(=O)OCC3Nc4ccccc4N3N)ccc12. The van der Waals surface area contributed by atoms with Crippen LogP contribution in [0.15, 0.2) is 57.7 Å². The van der Waals surface area contributed by atoms with Crippen molar-refractivity contribution < 1.29 is 13.9 Å². The van der Waals surface area contributed by atoms with E-state index in [0.29, 0.717) is 11.3 Å². The Morgan fingerprint density at radius 2 is 2.11 bits per heavy atom. The second kappa shape index (κ2) is 6.65. The molecule has 1 atom stereocenters. The lowest BCUT2D eigenvalue weighted by molar-refractivity contribution is 0.156. The highest BCUT2D eigenvalue weighted by Gasteiger charge is 2.27. The van der Waals surface area contributed by atoms with Crippen molar-refractivity contribution in [1.82, 2.24) is 0 Å². The Bertz CT molecular complexity index is 1080. The lowest BCUT2D eigenvalue weighted by atomic mass is 10.1. The van der Waals surface area contributed by atoms with Crippen molar-refractivity contribution in [3.05, 3.63) is 64.5 Å². The summed E-state index contributed by atoms with van der Waals surface area (Å²) < 4.78 is 10.4. The van der Waals surface area contributed by atoms with E-state index < -0.39 is 11.7 Å². The summed E-state index contributed by atoms with van der Waals surface area (Å²) in [4.78, 5) is 23.6. The molecule has 4 rings (SSSR count). The molecule has 27 heavy (non-hydrogen) atoms. The van der Waals surface area contributed by atoms with Crippen molar-refractivity contribution in [3.8, 4) is 0 Å². The number of anilines is 3. The molecule has 0 bridgehead atoms. The molecule has 8 nitrogen and oxygen atoms in total. The van der Waals surface area contributed by atoms with Crippen LogP contribution < -0.4 is 27.1 Å². The van der Waals surface area contributed by atoms with Gasteiger partial charge in [-0.1, -0.05) is 12.1 Å². The molecule has 2 aromatic carbocycles. The molecule has 3 aromatic rings. The molecule has 2 heterocycles. The number of hydrogen-bond donors (Lipinski definition) is 3. The van der Waals surface area contributed by atoms with E-state index in [0.717, 1.165) is 22.3 Å². The van der Waals surface area contributed by atoms with Gasteiger partial charge < -0.3 is 14.5 Å². The minimum Gasteiger partial charge on any atom is -0.445 e. The topological polar surface area (TPSA) is 110 Å². The normalized spacial score (nSPS) is 15.3. The highest BCUT2D eigenvalue weighted by Crippen LogP contribution is 2.31. The molecular weight excluding hydrogens is 348 g/mol. The van der Waals surface area contributed by atoms with Crippen LogP contribution in [0.3, 0.4) is 0 Å². The van der Waals surface area contributed by atoms with Gasteiger partial charge in [0.2, 0.25) is 0 Å². The molecule has 0 spiro atoms. The Morgan fingerprint density at radius 1 is 1.30 bits per heavy atom. The van der Waals surface area contributed by atoms with Crippen LogP contribution in [0.25, 0.3) is 11.0 Å². The summed E-state index contributed by atoms with van der Waals surface area (Å²) in [6, 6.07) is 14.1. The van der Waals surface area contributed by atoms with Gasteiger partial charge in [-0.25, -0.2) is 15.4 Å². The summed E-state index contributed by atoms with van der Waals surface area (Å²) in [5.41, 5.74) is 2.97. The van der Waals surface area contributed by atoms with Crippen LogP contribution in [0.4, 0.5) is 21.9 Å². The zero-order valence-corrected chi connectivity index (χ0v) is 14.6. The average molecular weight is 366 g/mol. The van der Waals surface area contributed by atoms with E-state index in [2.05, 4.69) is 10.6 Å². The van der Waals surface area contributed by atoms with Crippen molar-refractivity contribution in [2.75, 3.05) is 22.2 Å². The molecule has 0 saturated carbocycles. The fourth-order valence-electron chi connectivity index (χ4n) is 3.07. The summed E-state index contributed by atoms with van der Waals surface area (Å²) >= 11 is 0. The van der Waals surface area contributed by atoms with E-state index in [9.17, 15) is 9.59 Å². The van der Waals surface area contributed by atoms with Crippen LogP contribution in [0.1, 0.15) is 5.56 Å². The first-order valence-electron chi connectivity index (χ1n) is 8.39. The number of hydrazine groups is 1. The number of hydrogen-bond acceptors (Lipinski definition) is 7. The summed E-state index contributed by atoms with van der Waals surface area (Å²) in [7, 11) is 0. The van der Waals surface area contributed by atoms with E-state index in [1.807, 2.05) is 31.2 Å². The zero-order valence-electron chi connectivity index (χ0n) is 14.6. The van der Waals surface area contributed by atoms with Crippen LogP contribution >= 0.6 is 0 Å². The lowest BCUT2D eigenvalue weighted by Crippen LogP contribution is -2.44. The maximum Gasteiger partial charge on any atom is 0.411 e. The molecule has 4 N–H and O–H groups in total. The largest absolute Gasteiger partial charge is 0.445 e. The maximum atomic E-state index is 12.1. The third kappa shape index (κ3) is 3.30. The molecule has 1 aliphatic rings. The van der Waals surface area contributed by atoms with Gasteiger partial charge >= 0.3 is 11.7 Å². The number of carbonyl (C=O) groups excluding carboxylic acids is 1. The Balaban J connectivity index is 1.40. The molecule has 0 radical (unpaired) electrons. The highest BCUT2D eigenvalue weighted by atomic mass is 16.5. The van der Waals surface area contributed by atoms with Gasteiger partial charge in [0.1, 0.15) is 18.4 Å². The Kier molecular flexibility index (Phi) is 4.17. The third-order valence-electron chi connectivity index (χ3n) is 4.41. The van der Waals surface area contributed by atoms with Crippen molar-refractivity contribution in [3.63, 3.8) is 0 Å². The van der Waals surface area contributed by atoms with Crippen LogP contribution in [0.2, 0.25) is 0 Å². The van der Waals surface area contributed by atoms with E-state index in [-0.39, 0.29) is 12.8 Å². The number of para-hydroxylation sites is 2. The molecule has 1 unspecified atom stereocenters. The third-order valence-corrected chi connectivity index (χ3v) is 4.41. The van der Waals surface area contributed by atoms with Crippen LogP contribution in [0, 0.1) is 6.92 Å². The standard InChI is InChI=1S/C19H18N4O4/c1-11-8-18(24)27-16-9-12(6-7-13(11)16)21-19(25)26-10-17-22-14-4-2-3-5-15(14)23(17)20/h2-9,17,22H,10,20H2,1H3,(H,21,25). The van der Waals surface area contributed by atoms with Crippen molar-refractivity contribution in [1.29, 1.82) is 0 Å². The van der Waals surface area contributed by atoms with Gasteiger partial charge in [-0.2, -0.15) is 0 Å². The predicted molar refractivity (Wildman–Crippen MR) is 103 cm³/mol. The summed E-state index contributed by atoms with van der Waals surface area (Å²) in [5, 5.41) is 8.14. The summed E-state index contributed by atoms with van der Waals surface area (Å²) in [5.74, 6) is 6.04. The Morgan fingerprint density at radius 3 is 2.93 bits per heavy atom. The fourth-order valence-corrected chi connectivity index (χ4v) is 3.07. The highest BCUT2D eigenvalue weighted by molar-refractivity contribution is 5.90. The van der Waals surface area contributed by atoms with Gasteiger partial charge in [-0.15, -0.1) is 0 Å². The van der Waals surface area contributed by atoms with Gasteiger partial charge in [0.25, 0.3) is 0 Å². The smallest absolute Gasteiger partial charge is 0.411 e. The second-order valence-corrected chi connectivity index (χ2v) is 6.27. The maximum absolute atomic E-state index is 12.1. The number of carbonyl (C=O) groups is 1. The minimum atomic E-state index is -0.629. The van der Waals surface area contributed by atoms with Gasteiger partial charge in [-0.05, 0) is 36.8 Å². The van der Waals surface area contributed by atoms with Crippen LogP contribution in [0.5, 0.6) is 0 Å². The second-order valence-electron chi connectivity index (χ2n) is 6.27. The van der Waals surface area contributed by atoms with Crippen molar-refractivity contribution >= 4 is 34.1 Å². The minimum absolute atomic E-state index is 0.0544. The average Bonchev–Trinajstić information content (AvgIpc) is 2.96. The number of nitrogens with one attached hydrogen (secondary N) is 2. The van der Waals surface area contributed by atoms with Crippen molar-refractivity contribution in [2.24, 2.45) is 5.84 Å². The van der Waals surface area contributed by atoms with Crippen LogP contribution in [-0.2, 0) is 4.74 Å². The van der Waals surface area contributed by atoms with E-state index >= 15 is 0 Å². The Hall–Kier alpha value is -3.52. The van der Waals surface area contributed by atoms with Gasteiger partial charge in [-0.3, -0.25) is 10.3 Å². The number of ether oxygens (including phenoxy) is 1. The Labute approximate surface area is 154 Å². The summed E-state index contributed by atoms with van der Waals surface area (Å²) in [6.45, 7) is 1.88. The molecule has 1 aliphatic heterocycles. The van der Waals surface area contributed by atoms with Crippen molar-refractivity contribution in [2.45, 2.75) is 13.1 Å². The monoisotopic (exact) mass is 366 g/mol. The number of nitrogens with two attached hydrogens (primary N) is 1. The summed E-state index contributed by atoms with van der Waals surface area (Å²) in [6.07, 6.45) is -0.985. The molecule has 1 amide bonds.